The van der Waals surface area contributed by atoms with E-state index in [1.807, 2.05) is 35.2 Å². The highest BCUT2D eigenvalue weighted by Crippen LogP contribution is 2.22. The first kappa shape index (κ1) is 16.2. The second kappa shape index (κ2) is 6.86. The zero-order valence-electron chi connectivity index (χ0n) is 14.1. The first-order valence-electron chi connectivity index (χ1n) is 8.15. The lowest BCUT2D eigenvalue weighted by molar-refractivity contribution is -0.132. The number of amides is 2. The fourth-order valence-corrected chi connectivity index (χ4v) is 2.95. The van der Waals surface area contributed by atoms with E-state index in [-0.39, 0.29) is 11.8 Å². The highest BCUT2D eigenvalue weighted by molar-refractivity contribution is 5.93. The van der Waals surface area contributed by atoms with Crippen molar-refractivity contribution in [1.82, 2.24) is 20.0 Å². The number of H-pyrrole nitrogens is 1. The molecule has 0 atom stereocenters. The number of aromatic amines is 1. The molecular weight excluding hydrogens is 304 g/mol. The van der Waals surface area contributed by atoms with Crippen molar-refractivity contribution in [1.29, 1.82) is 0 Å². The molecule has 1 aliphatic rings. The maximum absolute atomic E-state index is 12.5. The molecule has 0 radical (unpaired) electrons. The SMILES string of the molecule is CN(C)C(=O)c1n[nH]c2c1CN(C(=O)CCc1ccccc1)CC2. The summed E-state index contributed by atoms with van der Waals surface area (Å²) in [5.41, 5.74) is 3.41. The lowest BCUT2D eigenvalue weighted by Crippen LogP contribution is -2.37. The van der Waals surface area contributed by atoms with E-state index in [9.17, 15) is 9.59 Å². The number of nitrogens with one attached hydrogen (secondary N) is 1. The summed E-state index contributed by atoms with van der Waals surface area (Å²) >= 11 is 0. The molecule has 1 aliphatic heterocycles. The molecule has 2 amide bonds. The molecule has 1 aromatic carbocycles. The average Bonchev–Trinajstić information content (AvgIpc) is 3.02. The number of carbonyl (C=O) groups is 2. The third-order valence-electron chi connectivity index (χ3n) is 4.37. The minimum Gasteiger partial charge on any atom is -0.343 e. The maximum atomic E-state index is 12.5. The van der Waals surface area contributed by atoms with Crippen LogP contribution in [0.4, 0.5) is 0 Å². The van der Waals surface area contributed by atoms with Gasteiger partial charge in [0.05, 0.1) is 0 Å². The molecule has 1 aromatic heterocycles. The number of benzene rings is 1. The van der Waals surface area contributed by atoms with Crippen LogP contribution in [-0.4, -0.2) is 52.5 Å². The Morgan fingerprint density at radius 2 is 2.00 bits per heavy atom. The van der Waals surface area contributed by atoms with Crippen molar-refractivity contribution in [3.8, 4) is 0 Å². The fourth-order valence-electron chi connectivity index (χ4n) is 2.95. The monoisotopic (exact) mass is 326 g/mol. The molecule has 6 heteroatoms. The van der Waals surface area contributed by atoms with E-state index in [1.54, 1.807) is 14.1 Å². The summed E-state index contributed by atoms with van der Waals surface area (Å²) in [7, 11) is 3.41. The zero-order valence-corrected chi connectivity index (χ0v) is 14.1. The number of hydrogen-bond acceptors (Lipinski definition) is 3. The van der Waals surface area contributed by atoms with Crippen LogP contribution in [0.25, 0.3) is 0 Å². The smallest absolute Gasteiger partial charge is 0.274 e. The molecule has 24 heavy (non-hydrogen) atoms. The van der Waals surface area contributed by atoms with Gasteiger partial charge in [-0.15, -0.1) is 0 Å². The van der Waals surface area contributed by atoms with Crippen LogP contribution >= 0.6 is 0 Å². The van der Waals surface area contributed by atoms with Gasteiger partial charge in [0.2, 0.25) is 5.91 Å². The summed E-state index contributed by atoms with van der Waals surface area (Å²) in [5, 5.41) is 7.10. The third kappa shape index (κ3) is 3.32. The van der Waals surface area contributed by atoms with Gasteiger partial charge in [-0.3, -0.25) is 14.7 Å². The number of carbonyl (C=O) groups excluding carboxylic acids is 2. The van der Waals surface area contributed by atoms with Crippen molar-refractivity contribution in [2.45, 2.75) is 25.8 Å². The summed E-state index contributed by atoms with van der Waals surface area (Å²) in [6.07, 6.45) is 1.92. The molecule has 0 spiro atoms. The van der Waals surface area contributed by atoms with Crippen molar-refractivity contribution in [3.05, 3.63) is 52.8 Å². The van der Waals surface area contributed by atoms with Crippen LogP contribution in [0, 0.1) is 0 Å². The molecule has 2 heterocycles. The Labute approximate surface area is 141 Å². The largest absolute Gasteiger partial charge is 0.343 e. The molecule has 0 saturated carbocycles. The van der Waals surface area contributed by atoms with Crippen molar-refractivity contribution < 1.29 is 9.59 Å². The van der Waals surface area contributed by atoms with Gasteiger partial charge in [0.15, 0.2) is 5.69 Å². The summed E-state index contributed by atoms with van der Waals surface area (Å²) in [6.45, 7) is 1.12. The van der Waals surface area contributed by atoms with Gasteiger partial charge in [0.1, 0.15) is 0 Å². The maximum Gasteiger partial charge on any atom is 0.274 e. The number of rotatable bonds is 4. The molecule has 0 bridgehead atoms. The first-order valence-corrected chi connectivity index (χ1v) is 8.15. The van der Waals surface area contributed by atoms with E-state index >= 15 is 0 Å². The van der Waals surface area contributed by atoms with Gasteiger partial charge in [0.25, 0.3) is 5.91 Å². The molecule has 2 aromatic rings. The molecule has 3 rings (SSSR count). The molecule has 0 aliphatic carbocycles. The second-order valence-corrected chi connectivity index (χ2v) is 6.28. The van der Waals surface area contributed by atoms with Gasteiger partial charge >= 0.3 is 0 Å². The number of aromatic nitrogens is 2. The van der Waals surface area contributed by atoms with Gasteiger partial charge in [-0.1, -0.05) is 30.3 Å². The first-order chi connectivity index (χ1) is 11.6. The normalized spacial score (nSPS) is 13.5. The highest BCUT2D eigenvalue weighted by Gasteiger charge is 2.28. The quantitative estimate of drug-likeness (QED) is 0.928. The molecule has 0 fully saturated rings. The Kier molecular flexibility index (Phi) is 4.64. The minimum atomic E-state index is -0.133. The van der Waals surface area contributed by atoms with Crippen LogP contribution in [0.2, 0.25) is 0 Å². The van der Waals surface area contributed by atoms with E-state index in [4.69, 9.17) is 0 Å². The van der Waals surface area contributed by atoms with Crippen LogP contribution < -0.4 is 0 Å². The Morgan fingerprint density at radius 1 is 1.25 bits per heavy atom. The van der Waals surface area contributed by atoms with Gasteiger partial charge in [0, 0.05) is 51.3 Å². The summed E-state index contributed by atoms with van der Waals surface area (Å²) < 4.78 is 0. The topological polar surface area (TPSA) is 69.3 Å². The van der Waals surface area contributed by atoms with Crippen LogP contribution in [0.5, 0.6) is 0 Å². The van der Waals surface area contributed by atoms with Gasteiger partial charge in [-0.05, 0) is 12.0 Å². The van der Waals surface area contributed by atoms with E-state index < -0.39 is 0 Å². The van der Waals surface area contributed by atoms with Crippen molar-refractivity contribution in [3.63, 3.8) is 0 Å². The Bertz CT molecular complexity index is 737. The van der Waals surface area contributed by atoms with Crippen molar-refractivity contribution in [2.75, 3.05) is 20.6 Å². The van der Waals surface area contributed by atoms with Crippen molar-refractivity contribution in [2.24, 2.45) is 0 Å². The summed E-state index contributed by atoms with van der Waals surface area (Å²) in [4.78, 5) is 28.1. The van der Waals surface area contributed by atoms with Gasteiger partial charge < -0.3 is 9.80 Å². The Hall–Kier alpha value is -2.63. The number of nitrogens with zero attached hydrogens (tertiary/aromatic N) is 3. The third-order valence-corrected chi connectivity index (χ3v) is 4.37. The minimum absolute atomic E-state index is 0.119. The molecule has 6 nitrogen and oxygen atoms in total. The summed E-state index contributed by atoms with van der Waals surface area (Å²) in [6, 6.07) is 10.0. The summed E-state index contributed by atoms with van der Waals surface area (Å²) in [5.74, 6) is -0.0139. The molecular formula is C18H22N4O2. The van der Waals surface area contributed by atoms with E-state index in [0.717, 1.165) is 23.2 Å². The molecule has 126 valence electrons. The van der Waals surface area contributed by atoms with Crippen molar-refractivity contribution >= 4 is 11.8 Å². The molecule has 0 unspecified atom stereocenters. The van der Waals surface area contributed by atoms with E-state index in [2.05, 4.69) is 10.2 Å². The number of hydrogen-bond donors (Lipinski definition) is 1. The lowest BCUT2D eigenvalue weighted by Gasteiger charge is -2.27. The highest BCUT2D eigenvalue weighted by atomic mass is 16.2. The predicted octanol–water partition coefficient (Wildman–Crippen LogP) is 1.63. The van der Waals surface area contributed by atoms with E-state index in [0.29, 0.717) is 31.6 Å². The number of fused-ring (bicyclic) bond motifs is 1. The van der Waals surface area contributed by atoms with Crippen LogP contribution in [0.1, 0.15) is 33.7 Å². The number of aryl methyl sites for hydroxylation is 1. The van der Waals surface area contributed by atoms with Gasteiger partial charge in [-0.25, -0.2) is 0 Å². The zero-order chi connectivity index (χ0) is 17.1. The molecule has 0 saturated heterocycles. The Balaban J connectivity index is 1.67. The standard InChI is InChI=1S/C18H22N4O2/c1-21(2)18(24)17-14-12-22(11-10-15(14)19-20-17)16(23)9-8-13-6-4-3-5-7-13/h3-7H,8-12H2,1-2H3,(H,19,20). The molecule has 1 N–H and O–H groups in total. The lowest BCUT2D eigenvalue weighted by atomic mass is 10.0. The average molecular weight is 326 g/mol. The van der Waals surface area contributed by atoms with Crippen LogP contribution in [0.15, 0.2) is 30.3 Å². The van der Waals surface area contributed by atoms with E-state index in [1.165, 1.54) is 4.90 Å². The fraction of sp³-hybridized carbons (Fsp3) is 0.389. The van der Waals surface area contributed by atoms with Crippen LogP contribution in [-0.2, 0) is 24.2 Å². The van der Waals surface area contributed by atoms with Gasteiger partial charge in [-0.2, -0.15) is 5.10 Å². The van der Waals surface area contributed by atoms with Crippen LogP contribution in [0.3, 0.4) is 0 Å². The second-order valence-electron chi connectivity index (χ2n) is 6.28. The Morgan fingerprint density at radius 3 is 2.71 bits per heavy atom. The predicted molar refractivity (Wildman–Crippen MR) is 90.5 cm³/mol.